The van der Waals surface area contributed by atoms with Crippen LogP contribution in [0.4, 0.5) is 18.9 Å². The first-order chi connectivity index (χ1) is 21.2. The molecule has 7 rings (SSSR count). The standard InChI is InChI=1S/C35H25F3N2O4/c36-35(37,38)24-15-9-16-25(20-24)40-32(41)27-28(33(40)42)30(39-19-18-21-10-7-8-17-26(21)29(27)39)34(43)44-31(22-11-3-1-4-12-22)23-13-5-2-6-14-23/h1-20,27-31H/t27-,28-,29+,30+/m0/s1. The molecule has 3 aliphatic heterocycles. The minimum atomic E-state index is -4.67. The van der Waals surface area contributed by atoms with Crippen molar-refractivity contribution in [1.82, 2.24) is 4.90 Å². The van der Waals surface area contributed by atoms with E-state index in [1.807, 2.05) is 91.0 Å². The first-order valence-electron chi connectivity index (χ1n) is 14.1. The number of amides is 2. The van der Waals surface area contributed by atoms with Gasteiger partial charge >= 0.3 is 12.1 Å². The molecular formula is C35H25F3N2O4. The molecule has 0 aromatic heterocycles. The van der Waals surface area contributed by atoms with E-state index < -0.39 is 59.5 Å². The Morgan fingerprint density at radius 2 is 1.36 bits per heavy atom. The second-order valence-corrected chi connectivity index (χ2v) is 11.0. The average molecular weight is 595 g/mol. The number of anilines is 1. The number of hydrogen-bond acceptors (Lipinski definition) is 5. The van der Waals surface area contributed by atoms with Crippen molar-refractivity contribution in [3.8, 4) is 0 Å². The Kier molecular flexibility index (Phi) is 6.61. The first-order valence-corrected chi connectivity index (χ1v) is 14.1. The summed E-state index contributed by atoms with van der Waals surface area (Å²) in [6, 6.07) is 28.0. The Hall–Kier alpha value is -5.18. The zero-order chi connectivity index (χ0) is 30.6. The molecule has 0 saturated carbocycles. The highest BCUT2D eigenvalue weighted by Gasteiger charge is 2.65. The van der Waals surface area contributed by atoms with E-state index in [4.69, 9.17) is 4.74 Å². The zero-order valence-electron chi connectivity index (χ0n) is 23.1. The van der Waals surface area contributed by atoms with Crippen molar-refractivity contribution in [2.75, 3.05) is 4.90 Å². The monoisotopic (exact) mass is 594 g/mol. The molecule has 2 saturated heterocycles. The summed E-state index contributed by atoms with van der Waals surface area (Å²) in [6.45, 7) is 0. The van der Waals surface area contributed by atoms with E-state index >= 15 is 0 Å². The van der Waals surface area contributed by atoms with Gasteiger partial charge in [-0.05, 0) is 46.5 Å². The van der Waals surface area contributed by atoms with Crippen molar-refractivity contribution < 1.29 is 32.3 Å². The van der Waals surface area contributed by atoms with Crippen LogP contribution in [0.2, 0.25) is 0 Å². The number of esters is 1. The van der Waals surface area contributed by atoms with Crippen molar-refractivity contribution in [2.45, 2.75) is 24.4 Å². The lowest BCUT2D eigenvalue weighted by molar-refractivity contribution is -0.155. The van der Waals surface area contributed by atoms with Crippen LogP contribution in [-0.4, -0.2) is 28.7 Å². The summed E-state index contributed by atoms with van der Waals surface area (Å²) < 4.78 is 46.9. The number of ether oxygens (including phenoxy) is 1. The molecule has 0 unspecified atom stereocenters. The van der Waals surface area contributed by atoms with Crippen LogP contribution in [0.3, 0.4) is 0 Å². The van der Waals surface area contributed by atoms with Crippen LogP contribution >= 0.6 is 0 Å². The van der Waals surface area contributed by atoms with Crippen molar-refractivity contribution in [3.63, 3.8) is 0 Å². The van der Waals surface area contributed by atoms with E-state index in [0.29, 0.717) is 0 Å². The molecule has 6 nitrogen and oxygen atoms in total. The van der Waals surface area contributed by atoms with E-state index in [-0.39, 0.29) is 5.69 Å². The lowest BCUT2D eigenvalue weighted by Crippen LogP contribution is -2.45. The molecule has 9 heteroatoms. The Morgan fingerprint density at radius 1 is 0.750 bits per heavy atom. The largest absolute Gasteiger partial charge is 0.451 e. The van der Waals surface area contributed by atoms with Gasteiger partial charge in [-0.2, -0.15) is 13.2 Å². The van der Waals surface area contributed by atoms with E-state index in [1.54, 1.807) is 11.1 Å². The predicted octanol–water partition coefficient (Wildman–Crippen LogP) is 6.55. The van der Waals surface area contributed by atoms with Gasteiger partial charge in [0.1, 0.15) is 6.04 Å². The molecule has 0 N–H and O–H groups in total. The highest BCUT2D eigenvalue weighted by molar-refractivity contribution is 6.24. The third-order valence-corrected chi connectivity index (χ3v) is 8.57. The summed E-state index contributed by atoms with van der Waals surface area (Å²) in [5, 5.41) is 0. The van der Waals surface area contributed by atoms with Gasteiger partial charge in [-0.1, -0.05) is 91.0 Å². The molecule has 220 valence electrons. The van der Waals surface area contributed by atoms with Crippen molar-refractivity contribution in [2.24, 2.45) is 11.8 Å². The Morgan fingerprint density at radius 3 is 2.02 bits per heavy atom. The minimum Gasteiger partial charge on any atom is -0.451 e. The number of alkyl halides is 3. The second-order valence-electron chi connectivity index (χ2n) is 11.0. The van der Waals surface area contributed by atoms with E-state index in [1.165, 1.54) is 6.07 Å². The summed E-state index contributed by atoms with van der Waals surface area (Å²) >= 11 is 0. The molecule has 3 aliphatic rings. The highest BCUT2D eigenvalue weighted by atomic mass is 19.4. The molecule has 4 aromatic carbocycles. The summed E-state index contributed by atoms with van der Waals surface area (Å²) in [7, 11) is 0. The number of carbonyl (C=O) groups is 3. The fourth-order valence-corrected chi connectivity index (χ4v) is 6.67. The average Bonchev–Trinajstić information content (AvgIpc) is 3.52. The number of halogens is 3. The van der Waals surface area contributed by atoms with Crippen molar-refractivity contribution in [1.29, 1.82) is 0 Å². The number of hydrogen-bond donors (Lipinski definition) is 0. The van der Waals surface area contributed by atoms with Crippen molar-refractivity contribution in [3.05, 3.63) is 143 Å². The van der Waals surface area contributed by atoms with Gasteiger partial charge in [-0.3, -0.25) is 9.59 Å². The third kappa shape index (κ3) is 4.47. The normalized spacial score (nSPS) is 22.2. The fourth-order valence-electron chi connectivity index (χ4n) is 6.67. The van der Waals surface area contributed by atoms with Gasteiger partial charge in [0.05, 0.1) is 29.1 Å². The molecule has 4 aromatic rings. The Bertz CT molecular complexity index is 1750. The number of fused-ring (bicyclic) bond motifs is 5. The van der Waals surface area contributed by atoms with Gasteiger partial charge < -0.3 is 9.64 Å². The SMILES string of the molecule is O=C(OC(c1ccccc1)c1ccccc1)[C@H]1[C@H]2C(=O)N(c3cccc(C(F)(F)F)c3)C(=O)[C@@H]2[C@H]2c3ccccc3C=CN21. The van der Waals surface area contributed by atoms with E-state index in [9.17, 15) is 27.6 Å². The first kappa shape index (κ1) is 27.6. The number of carbonyl (C=O) groups excluding carboxylic acids is 3. The number of rotatable bonds is 5. The van der Waals surface area contributed by atoms with E-state index in [0.717, 1.165) is 45.4 Å². The molecule has 2 fully saturated rings. The second kappa shape index (κ2) is 10.5. The molecule has 3 heterocycles. The van der Waals surface area contributed by atoms with Gasteiger partial charge in [0.15, 0.2) is 6.10 Å². The summed E-state index contributed by atoms with van der Waals surface area (Å²) in [5.41, 5.74) is 1.84. The molecular weight excluding hydrogens is 569 g/mol. The molecule has 0 spiro atoms. The van der Waals surface area contributed by atoms with Crippen LogP contribution in [0, 0.1) is 11.8 Å². The molecule has 0 bridgehead atoms. The van der Waals surface area contributed by atoms with Crippen molar-refractivity contribution >= 4 is 29.5 Å². The van der Waals surface area contributed by atoms with Crippen LogP contribution in [-0.2, 0) is 25.3 Å². The molecule has 0 radical (unpaired) electrons. The summed E-state index contributed by atoms with van der Waals surface area (Å²) in [4.78, 5) is 45.0. The predicted molar refractivity (Wildman–Crippen MR) is 156 cm³/mol. The third-order valence-electron chi connectivity index (χ3n) is 8.57. The number of benzene rings is 4. The maximum atomic E-state index is 14.3. The molecule has 2 amide bonds. The topological polar surface area (TPSA) is 66.9 Å². The van der Waals surface area contributed by atoms with Gasteiger partial charge in [0.25, 0.3) is 0 Å². The fraction of sp³-hybridized carbons (Fsp3) is 0.171. The number of nitrogens with zero attached hydrogens (tertiary/aromatic N) is 2. The Labute approximate surface area is 251 Å². The molecule has 4 atom stereocenters. The maximum absolute atomic E-state index is 14.3. The van der Waals surface area contributed by atoms with Crippen LogP contribution < -0.4 is 4.90 Å². The van der Waals surface area contributed by atoms with E-state index in [2.05, 4.69) is 0 Å². The lowest BCUT2D eigenvalue weighted by atomic mass is 9.84. The van der Waals surface area contributed by atoms with Crippen LogP contribution in [0.25, 0.3) is 6.08 Å². The smallest absolute Gasteiger partial charge is 0.416 e. The van der Waals surface area contributed by atoms with Gasteiger partial charge in [0, 0.05) is 6.20 Å². The summed E-state index contributed by atoms with van der Waals surface area (Å²) in [5.74, 6) is -4.31. The van der Waals surface area contributed by atoms with Gasteiger partial charge in [0.2, 0.25) is 11.8 Å². The van der Waals surface area contributed by atoms with Crippen LogP contribution in [0.5, 0.6) is 0 Å². The highest BCUT2D eigenvalue weighted by Crippen LogP contribution is 2.54. The minimum absolute atomic E-state index is 0.186. The molecule has 0 aliphatic carbocycles. The Balaban J connectivity index is 1.31. The lowest BCUT2D eigenvalue weighted by Gasteiger charge is -2.35. The quantitative estimate of drug-likeness (QED) is 0.194. The zero-order valence-corrected chi connectivity index (χ0v) is 23.1. The van der Waals surface area contributed by atoms with Crippen LogP contribution in [0.15, 0.2) is 115 Å². The summed E-state index contributed by atoms with van der Waals surface area (Å²) in [6.07, 6.45) is -1.95. The maximum Gasteiger partial charge on any atom is 0.416 e. The van der Waals surface area contributed by atoms with Crippen LogP contribution in [0.1, 0.15) is 40.0 Å². The van der Waals surface area contributed by atoms with Gasteiger partial charge in [-0.15, -0.1) is 0 Å². The number of imide groups is 1. The van der Waals surface area contributed by atoms with Gasteiger partial charge in [-0.25, -0.2) is 9.69 Å². The molecule has 44 heavy (non-hydrogen) atoms.